The molecule has 204 valence electrons. The van der Waals surface area contributed by atoms with Gasteiger partial charge in [-0.3, -0.25) is 14.5 Å². The molecule has 4 aromatic rings. The van der Waals surface area contributed by atoms with Crippen molar-refractivity contribution in [3.8, 4) is 0 Å². The summed E-state index contributed by atoms with van der Waals surface area (Å²) in [7, 11) is 0. The molecule has 2 fully saturated rings. The van der Waals surface area contributed by atoms with Gasteiger partial charge in [0.1, 0.15) is 12.3 Å². The number of fused-ring (bicyclic) bond motifs is 1. The van der Waals surface area contributed by atoms with Crippen molar-refractivity contribution in [3.05, 3.63) is 95.4 Å². The summed E-state index contributed by atoms with van der Waals surface area (Å²) in [5.74, 6) is 0.609. The summed E-state index contributed by atoms with van der Waals surface area (Å²) in [6, 6.07) is 21.6. The summed E-state index contributed by atoms with van der Waals surface area (Å²) in [6.07, 6.45) is 12.2. The molecule has 1 aliphatic carbocycles. The number of carbonyl (C=O) groups is 2. The van der Waals surface area contributed by atoms with Crippen LogP contribution < -0.4 is 5.32 Å². The third-order valence-corrected chi connectivity index (χ3v) is 8.45. The van der Waals surface area contributed by atoms with Crippen molar-refractivity contribution in [2.24, 2.45) is 4.99 Å². The van der Waals surface area contributed by atoms with E-state index in [9.17, 15) is 9.59 Å². The van der Waals surface area contributed by atoms with Crippen LogP contribution in [0.4, 0.5) is 5.69 Å². The Kier molecular flexibility index (Phi) is 7.86. The normalized spacial score (nSPS) is 18.6. The van der Waals surface area contributed by atoms with Crippen molar-refractivity contribution >= 4 is 51.4 Å². The van der Waals surface area contributed by atoms with Crippen molar-refractivity contribution in [2.75, 3.05) is 0 Å². The Morgan fingerprint density at radius 2 is 1.77 bits per heavy atom. The molecule has 0 radical (unpaired) electrons. The molecule has 2 aromatic carbocycles. The Morgan fingerprint density at radius 3 is 2.55 bits per heavy atom. The molecule has 1 N–H and O–H groups in total. The number of rotatable bonds is 7. The first-order valence-electron chi connectivity index (χ1n) is 13.9. The molecule has 2 amide bonds. The van der Waals surface area contributed by atoms with Crippen LogP contribution in [-0.2, 0) is 22.7 Å². The number of benzene rings is 2. The van der Waals surface area contributed by atoms with Gasteiger partial charge in [-0.1, -0.05) is 62.1 Å². The predicted molar refractivity (Wildman–Crippen MR) is 160 cm³/mol. The van der Waals surface area contributed by atoms with E-state index in [4.69, 9.17) is 9.41 Å². The highest BCUT2D eigenvalue weighted by molar-refractivity contribution is 8.18. The van der Waals surface area contributed by atoms with Gasteiger partial charge in [0.2, 0.25) is 5.91 Å². The van der Waals surface area contributed by atoms with Gasteiger partial charge in [-0.2, -0.15) is 0 Å². The number of hydrogen-bond donors (Lipinski definition) is 1. The summed E-state index contributed by atoms with van der Waals surface area (Å²) in [5.41, 5.74) is 2.69. The van der Waals surface area contributed by atoms with Gasteiger partial charge >= 0.3 is 0 Å². The smallest absolute Gasteiger partial charge is 0.267 e. The number of para-hydroxylation sites is 2. The van der Waals surface area contributed by atoms with Gasteiger partial charge in [0.05, 0.1) is 23.4 Å². The number of aliphatic imine (C=N–C) groups is 1. The molecular weight excluding hydrogens is 520 g/mol. The lowest BCUT2D eigenvalue weighted by molar-refractivity contribution is -0.124. The maximum absolute atomic E-state index is 13.9. The number of aromatic nitrogens is 1. The van der Waals surface area contributed by atoms with E-state index in [1.54, 1.807) is 12.3 Å². The lowest BCUT2D eigenvalue weighted by Gasteiger charge is -2.26. The number of amides is 2. The third kappa shape index (κ3) is 5.77. The number of nitrogens with one attached hydrogen (secondary N) is 1. The van der Waals surface area contributed by atoms with Crippen LogP contribution in [0.15, 0.2) is 93.5 Å². The zero-order valence-electron chi connectivity index (χ0n) is 22.3. The fourth-order valence-electron chi connectivity index (χ4n) is 5.49. The minimum absolute atomic E-state index is 0.0135. The average Bonchev–Trinajstić information content (AvgIpc) is 3.62. The Balaban J connectivity index is 1.30. The molecule has 2 aliphatic rings. The molecule has 8 heteroatoms. The Morgan fingerprint density at radius 1 is 1.00 bits per heavy atom. The molecule has 6 rings (SSSR count). The lowest BCUT2D eigenvalue weighted by atomic mass is 10.1. The first-order valence-corrected chi connectivity index (χ1v) is 14.7. The first kappa shape index (κ1) is 26.2. The molecule has 1 saturated heterocycles. The molecule has 2 aromatic heterocycles. The quantitative estimate of drug-likeness (QED) is 0.200. The second-order valence-electron chi connectivity index (χ2n) is 10.2. The highest BCUT2D eigenvalue weighted by Crippen LogP contribution is 2.39. The largest absolute Gasteiger partial charge is 0.467 e. The second kappa shape index (κ2) is 12.0. The van der Waals surface area contributed by atoms with Gasteiger partial charge in [0.25, 0.3) is 5.91 Å². The molecular formula is C32H32N4O3S. The lowest BCUT2D eigenvalue weighted by Crippen LogP contribution is -2.39. The Labute approximate surface area is 237 Å². The summed E-state index contributed by atoms with van der Waals surface area (Å²) < 4.78 is 7.26. The SMILES string of the molecule is O=C(Cn1cc(C=C2SC(=Nc3ccccc3)N(C3CCCCCC3)C2=O)c2ccccc21)NCc1ccco1. The summed E-state index contributed by atoms with van der Waals surface area (Å²) >= 11 is 1.44. The summed E-state index contributed by atoms with van der Waals surface area (Å²) in [5, 5.41) is 4.66. The fraction of sp³-hybridized carbons (Fsp3) is 0.281. The highest BCUT2D eigenvalue weighted by atomic mass is 32.2. The molecule has 0 spiro atoms. The number of carbonyl (C=O) groups excluding carboxylic acids is 2. The van der Waals surface area contributed by atoms with Crippen LogP contribution in [-0.4, -0.2) is 32.5 Å². The van der Waals surface area contributed by atoms with Gasteiger partial charge in [-0.15, -0.1) is 0 Å². The molecule has 1 saturated carbocycles. The zero-order valence-corrected chi connectivity index (χ0v) is 23.1. The molecule has 0 unspecified atom stereocenters. The van der Waals surface area contributed by atoms with Crippen LogP contribution in [0, 0.1) is 0 Å². The van der Waals surface area contributed by atoms with Crippen molar-refractivity contribution in [3.63, 3.8) is 0 Å². The molecule has 0 atom stereocenters. The fourth-order valence-corrected chi connectivity index (χ4v) is 6.54. The van der Waals surface area contributed by atoms with Crippen LogP contribution in [0.2, 0.25) is 0 Å². The molecule has 1 aliphatic heterocycles. The summed E-state index contributed by atoms with van der Waals surface area (Å²) in [4.78, 5) is 34.2. The molecule has 0 bridgehead atoms. The first-order chi connectivity index (χ1) is 19.7. The van der Waals surface area contributed by atoms with Gasteiger partial charge in [-0.05, 0) is 61.0 Å². The van der Waals surface area contributed by atoms with Crippen LogP contribution in [0.5, 0.6) is 0 Å². The second-order valence-corrected chi connectivity index (χ2v) is 11.3. The zero-order chi connectivity index (χ0) is 27.3. The van der Waals surface area contributed by atoms with Crippen LogP contribution in [0.3, 0.4) is 0 Å². The highest BCUT2D eigenvalue weighted by Gasteiger charge is 2.38. The molecule has 3 heterocycles. The van der Waals surface area contributed by atoms with Crippen molar-refractivity contribution in [1.29, 1.82) is 0 Å². The van der Waals surface area contributed by atoms with Crippen LogP contribution >= 0.6 is 11.8 Å². The molecule has 7 nitrogen and oxygen atoms in total. The Bertz CT molecular complexity index is 1550. The van der Waals surface area contributed by atoms with E-state index in [1.165, 1.54) is 24.6 Å². The molecule has 40 heavy (non-hydrogen) atoms. The number of amidine groups is 1. The maximum atomic E-state index is 13.9. The van der Waals surface area contributed by atoms with E-state index in [-0.39, 0.29) is 24.4 Å². The standard InChI is InChI=1S/C32H32N4O3S/c37-30(33-20-26-15-10-18-39-26)22-35-21-23(27-16-8-9-17-28(27)35)19-29-31(38)36(25-13-6-1-2-7-14-25)32(40-29)34-24-11-4-3-5-12-24/h3-5,8-12,15-19,21,25H,1-2,6-7,13-14,20,22H2,(H,33,37). The minimum Gasteiger partial charge on any atom is -0.467 e. The number of nitrogens with zero attached hydrogens (tertiary/aromatic N) is 3. The number of furan rings is 1. The van der Waals surface area contributed by atoms with E-state index in [0.29, 0.717) is 17.2 Å². The summed E-state index contributed by atoms with van der Waals surface area (Å²) in [6.45, 7) is 0.508. The Hall–Kier alpha value is -4.04. The van der Waals surface area contributed by atoms with E-state index >= 15 is 0 Å². The average molecular weight is 553 g/mol. The van der Waals surface area contributed by atoms with E-state index in [1.807, 2.05) is 82.4 Å². The van der Waals surface area contributed by atoms with Gasteiger partial charge in [0.15, 0.2) is 5.17 Å². The van der Waals surface area contributed by atoms with Gasteiger partial charge in [-0.25, -0.2) is 4.99 Å². The van der Waals surface area contributed by atoms with Gasteiger partial charge in [0, 0.05) is 28.7 Å². The third-order valence-electron chi connectivity index (χ3n) is 7.47. The minimum atomic E-state index is -0.112. The van der Waals surface area contributed by atoms with E-state index in [0.717, 1.165) is 53.0 Å². The van der Waals surface area contributed by atoms with Crippen LogP contribution in [0.1, 0.15) is 49.8 Å². The van der Waals surface area contributed by atoms with Gasteiger partial charge < -0.3 is 14.3 Å². The number of thioether (sulfide) groups is 1. The topological polar surface area (TPSA) is 79.8 Å². The van der Waals surface area contributed by atoms with Crippen molar-refractivity contribution in [2.45, 2.75) is 57.7 Å². The number of hydrogen-bond acceptors (Lipinski definition) is 5. The van der Waals surface area contributed by atoms with Crippen molar-refractivity contribution < 1.29 is 14.0 Å². The predicted octanol–water partition coefficient (Wildman–Crippen LogP) is 6.88. The monoisotopic (exact) mass is 552 g/mol. The van der Waals surface area contributed by atoms with E-state index in [2.05, 4.69) is 5.32 Å². The van der Waals surface area contributed by atoms with Crippen LogP contribution in [0.25, 0.3) is 17.0 Å². The van der Waals surface area contributed by atoms with E-state index < -0.39 is 0 Å². The maximum Gasteiger partial charge on any atom is 0.267 e. The van der Waals surface area contributed by atoms with Crippen molar-refractivity contribution in [1.82, 2.24) is 14.8 Å².